The van der Waals surface area contributed by atoms with Gasteiger partial charge < -0.3 is 5.73 Å². The molecule has 0 aliphatic heterocycles. The van der Waals surface area contributed by atoms with Gasteiger partial charge in [0.2, 0.25) is 0 Å². The van der Waals surface area contributed by atoms with Crippen LogP contribution in [0.25, 0.3) is 32.9 Å². The average molecular weight is 325 g/mol. The number of halogens is 2. The predicted octanol–water partition coefficient (Wildman–Crippen LogP) is 4.22. The SMILES string of the molecule is Nc1cc2ccccc2c(-c2c(Cl)cc3cncnc3c2F)n1. The summed E-state index contributed by atoms with van der Waals surface area (Å²) in [6, 6.07) is 10.9. The van der Waals surface area contributed by atoms with Crippen LogP contribution in [0.3, 0.4) is 0 Å². The summed E-state index contributed by atoms with van der Waals surface area (Å²) in [7, 11) is 0. The van der Waals surface area contributed by atoms with Gasteiger partial charge in [-0.3, -0.25) is 0 Å². The number of hydrogen-bond acceptors (Lipinski definition) is 4. The van der Waals surface area contributed by atoms with E-state index >= 15 is 4.39 Å². The summed E-state index contributed by atoms with van der Waals surface area (Å²) < 4.78 is 15.0. The highest BCUT2D eigenvalue weighted by Gasteiger charge is 2.19. The number of nitrogen functional groups attached to an aromatic ring is 1. The Balaban J connectivity index is 2.15. The highest BCUT2D eigenvalue weighted by atomic mass is 35.5. The molecule has 0 spiro atoms. The molecule has 0 unspecified atom stereocenters. The zero-order valence-electron chi connectivity index (χ0n) is 11.8. The van der Waals surface area contributed by atoms with E-state index in [4.69, 9.17) is 17.3 Å². The van der Waals surface area contributed by atoms with Gasteiger partial charge >= 0.3 is 0 Å². The first-order chi connectivity index (χ1) is 11.1. The highest BCUT2D eigenvalue weighted by molar-refractivity contribution is 6.34. The predicted molar refractivity (Wildman–Crippen MR) is 89.7 cm³/mol. The van der Waals surface area contributed by atoms with Crippen LogP contribution in [0.1, 0.15) is 0 Å². The molecule has 6 heteroatoms. The maximum Gasteiger partial charge on any atom is 0.160 e. The molecule has 0 bridgehead atoms. The van der Waals surface area contributed by atoms with Crippen molar-refractivity contribution in [1.82, 2.24) is 15.0 Å². The Morgan fingerprint density at radius 2 is 1.91 bits per heavy atom. The molecule has 0 atom stereocenters. The molecule has 2 aromatic heterocycles. The molecule has 0 aliphatic carbocycles. The molecule has 0 radical (unpaired) electrons. The molecular formula is C17H10ClFN4. The Kier molecular flexibility index (Phi) is 3.09. The Morgan fingerprint density at radius 3 is 2.78 bits per heavy atom. The van der Waals surface area contributed by atoms with E-state index in [1.807, 2.05) is 24.3 Å². The minimum absolute atomic E-state index is 0.196. The van der Waals surface area contributed by atoms with Crippen molar-refractivity contribution in [3.05, 3.63) is 59.8 Å². The smallest absolute Gasteiger partial charge is 0.160 e. The van der Waals surface area contributed by atoms with Crippen molar-refractivity contribution >= 4 is 39.1 Å². The van der Waals surface area contributed by atoms with E-state index in [0.29, 0.717) is 16.9 Å². The molecule has 2 aromatic carbocycles. The summed E-state index contributed by atoms with van der Waals surface area (Å²) in [5.74, 6) is -0.227. The topological polar surface area (TPSA) is 64.7 Å². The average Bonchev–Trinajstić information content (AvgIpc) is 2.54. The third kappa shape index (κ3) is 2.17. The van der Waals surface area contributed by atoms with Gasteiger partial charge in [0, 0.05) is 17.0 Å². The molecular weight excluding hydrogens is 315 g/mol. The minimum atomic E-state index is -0.529. The number of benzene rings is 2. The second-order valence-corrected chi connectivity index (χ2v) is 5.53. The Hall–Kier alpha value is -2.79. The molecule has 2 heterocycles. The molecule has 2 N–H and O–H groups in total. The van der Waals surface area contributed by atoms with Gasteiger partial charge in [-0.2, -0.15) is 0 Å². The van der Waals surface area contributed by atoms with Crippen molar-refractivity contribution in [3.8, 4) is 11.3 Å². The maximum absolute atomic E-state index is 15.0. The fraction of sp³-hybridized carbons (Fsp3) is 0. The van der Waals surface area contributed by atoms with E-state index in [0.717, 1.165) is 10.8 Å². The summed E-state index contributed by atoms with van der Waals surface area (Å²) in [5.41, 5.74) is 6.68. The van der Waals surface area contributed by atoms with Crippen molar-refractivity contribution in [3.63, 3.8) is 0 Å². The van der Waals surface area contributed by atoms with Crippen LogP contribution >= 0.6 is 11.6 Å². The van der Waals surface area contributed by atoms with E-state index in [1.54, 1.807) is 12.1 Å². The zero-order valence-corrected chi connectivity index (χ0v) is 12.5. The van der Waals surface area contributed by atoms with Crippen LogP contribution in [0.15, 0.2) is 48.9 Å². The zero-order chi connectivity index (χ0) is 16.0. The first-order valence-corrected chi connectivity index (χ1v) is 7.26. The number of nitrogens with zero attached hydrogens (tertiary/aromatic N) is 3. The monoisotopic (exact) mass is 324 g/mol. The molecule has 0 saturated carbocycles. The largest absolute Gasteiger partial charge is 0.384 e. The lowest BCUT2D eigenvalue weighted by molar-refractivity contribution is 0.639. The van der Waals surface area contributed by atoms with Gasteiger partial charge in [-0.25, -0.2) is 19.3 Å². The van der Waals surface area contributed by atoms with E-state index < -0.39 is 5.82 Å². The summed E-state index contributed by atoms with van der Waals surface area (Å²) >= 11 is 6.32. The number of pyridine rings is 1. The number of nitrogens with two attached hydrogens (primary N) is 1. The van der Waals surface area contributed by atoms with Crippen molar-refractivity contribution in [1.29, 1.82) is 0 Å². The number of aromatic nitrogens is 3. The van der Waals surface area contributed by atoms with Crippen molar-refractivity contribution in [2.24, 2.45) is 0 Å². The van der Waals surface area contributed by atoms with Crippen LogP contribution in [0, 0.1) is 5.82 Å². The van der Waals surface area contributed by atoms with Crippen LogP contribution < -0.4 is 5.73 Å². The second-order valence-electron chi connectivity index (χ2n) is 5.12. The first-order valence-electron chi connectivity index (χ1n) is 6.88. The Labute approximate surface area is 135 Å². The summed E-state index contributed by atoms with van der Waals surface area (Å²) in [5, 5.41) is 2.42. The fourth-order valence-corrected chi connectivity index (χ4v) is 2.98. The van der Waals surface area contributed by atoms with E-state index in [1.165, 1.54) is 12.5 Å². The third-order valence-corrected chi connectivity index (χ3v) is 3.98. The van der Waals surface area contributed by atoms with Gasteiger partial charge in [-0.15, -0.1) is 0 Å². The molecule has 0 fully saturated rings. The number of anilines is 1. The van der Waals surface area contributed by atoms with Crippen molar-refractivity contribution < 1.29 is 4.39 Å². The van der Waals surface area contributed by atoms with Gasteiger partial charge in [0.05, 0.1) is 16.3 Å². The molecule has 0 amide bonds. The standard InChI is InChI=1S/C17H10ClFN4/c18-12-5-10-7-21-8-22-16(10)15(19)14(12)17-11-4-2-1-3-9(11)6-13(20)23-17/h1-8H,(H2,20,23). The molecule has 4 rings (SSSR count). The second kappa shape index (κ2) is 5.14. The number of fused-ring (bicyclic) bond motifs is 2. The lowest BCUT2D eigenvalue weighted by Crippen LogP contribution is -1.98. The summed E-state index contributed by atoms with van der Waals surface area (Å²) in [4.78, 5) is 12.2. The summed E-state index contributed by atoms with van der Waals surface area (Å²) in [6.45, 7) is 0. The lowest BCUT2D eigenvalue weighted by Gasteiger charge is -2.11. The van der Waals surface area contributed by atoms with Gasteiger partial charge in [-0.1, -0.05) is 35.9 Å². The minimum Gasteiger partial charge on any atom is -0.384 e. The molecule has 112 valence electrons. The van der Waals surface area contributed by atoms with Gasteiger partial charge in [0.1, 0.15) is 17.7 Å². The van der Waals surface area contributed by atoms with Crippen LogP contribution in [-0.2, 0) is 0 Å². The van der Waals surface area contributed by atoms with Crippen LogP contribution in [-0.4, -0.2) is 15.0 Å². The first kappa shape index (κ1) is 13.8. The van der Waals surface area contributed by atoms with Crippen molar-refractivity contribution in [2.75, 3.05) is 5.73 Å². The quantitative estimate of drug-likeness (QED) is 0.569. The Morgan fingerprint density at radius 1 is 1.09 bits per heavy atom. The molecule has 4 aromatic rings. The normalized spacial score (nSPS) is 11.2. The van der Waals surface area contributed by atoms with E-state index in [-0.39, 0.29) is 16.1 Å². The van der Waals surface area contributed by atoms with Gasteiger partial charge in [0.15, 0.2) is 5.82 Å². The van der Waals surface area contributed by atoms with Crippen LogP contribution in [0.5, 0.6) is 0 Å². The highest BCUT2D eigenvalue weighted by Crippen LogP contribution is 2.37. The third-order valence-electron chi connectivity index (χ3n) is 3.69. The van der Waals surface area contributed by atoms with Gasteiger partial charge in [0.25, 0.3) is 0 Å². The van der Waals surface area contributed by atoms with Crippen molar-refractivity contribution in [2.45, 2.75) is 0 Å². The Bertz CT molecular complexity index is 1070. The summed E-state index contributed by atoms with van der Waals surface area (Å²) in [6.07, 6.45) is 2.82. The number of hydrogen-bond donors (Lipinski definition) is 1. The fourth-order valence-electron chi connectivity index (χ4n) is 2.69. The van der Waals surface area contributed by atoms with E-state index in [2.05, 4.69) is 15.0 Å². The molecule has 0 aliphatic rings. The molecule has 4 nitrogen and oxygen atoms in total. The lowest BCUT2D eigenvalue weighted by atomic mass is 10.0. The van der Waals surface area contributed by atoms with E-state index in [9.17, 15) is 0 Å². The number of rotatable bonds is 1. The maximum atomic E-state index is 15.0. The van der Waals surface area contributed by atoms with Gasteiger partial charge in [-0.05, 0) is 17.5 Å². The van der Waals surface area contributed by atoms with Crippen LogP contribution in [0.2, 0.25) is 5.02 Å². The molecule has 23 heavy (non-hydrogen) atoms. The molecule has 0 saturated heterocycles. The van der Waals surface area contributed by atoms with Crippen LogP contribution in [0.4, 0.5) is 10.2 Å².